The van der Waals surface area contributed by atoms with Crippen molar-refractivity contribution >= 4 is 16.7 Å². The molecule has 4 rings (SSSR count). The molecule has 0 amide bonds. The van der Waals surface area contributed by atoms with Crippen LogP contribution in [0, 0.1) is 0 Å². The Balaban J connectivity index is 1.82. The predicted molar refractivity (Wildman–Crippen MR) is 91.5 cm³/mol. The number of rotatable bonds is 3. The van der Waals surface area contributed by atoms with E-state index in [-0.39, 0.29) is 6.04 Å². The summed E-state index contributed by atoms with van der Waals surface area (Å²) in [6.07, 6.45) is 2.06. The molecule has 0 bridgehead atoms. The molecule has 0 spiro atoms. The second-order valence-corrected chi connectivity index (χ2v) is 6.21. The van der Waals surface area contributed by atoms with Gasteiger partial charge in [-0.15, -0.1) is 0 Å². The van der Waals surface area contributed by atoms with Gasteiger partial charge in [0.05, 0.1) is 17.1 Å². The summed E-state index contributed by atoms with van der Waals surface area (Å²) < 4.78 is 28.5. The van der Waals surface area contributed by atoms with Crippen molar-refractivity contribution in [3.8, 4) is 0 Å². The first-order valence-corrected chi connectivity index (χ1v) is 8.26. The second kappa shape index (κ2) is 5.89. The van der Waals surface area contributed by atoms with Crippen molar-refractivity contribution in [2.75, 3.05) is 11.4 Å². The molecule has 24 heavy (non-hydrogen) atoms. The van der Waals surface area contributed by atoms with Gasteiger partial charge in [0.2, 0.25) is 0 Å². The lowest BCUT2D eigenvalue weighted by Crippen LogP contribution is -2.33. The summed E-state index contributed by atoms with van der Waals surface area (Å²) >= 11 is 0. The van der Waals surface area contributed by atoms with Crippen LogP contribution in [0.1, 0.15) is 37.3 Å². The summed E-state index contributed by atoms with van der Waals surface area (Å²) in [6.45, 7) is 0.210. The van der Waals surface area contributed by atoms with Gasteiger partial charge in [-0.1, -0.05) is 30.3 Å². The number of hydrogen-bond donors (Lipinski definition) is 0. The van der Waals surface area contributed by atoms with Gasteiger partial charge in [-0.3, -0.25) is 4.57 Å². The van der Waals surface area contributed by atoms with Gasteiger partial charge in [0.25, 0.3) is 0 Å². The topological polar surface area (TPSA) is 21.1 Å². The van der Waals surface area contributed by atoms with Crippen molar-refractivity contribution in [1.82, 2.24) is 9.55 Å². The van der Waals surface area contributed by atoms with Gasteiger partial charge in [0, 0.05) is 12.2 Å². The molecule has 0 N–H and O–H groups in total. The number of nitrogens with zero attached hydrogens (tertiary/aromatic N) is 3. The van der Waals surface area contributed by atoms with Crippen LogP contribution in [0.3, 0.4) is 0 Å². The van der Waals surface area contributed by atoms with Gasteiger partial charge in [0.15, 0.2) is 0 Å². The third-order valence-electron chi connectivity index (χ3n) is 4.81. The fourth-order valence-electron chi connectivity index (χ4n) is 3.67. The number of hydrogen-bond acceptors (Lipinski definition) is 2. The summed E-state index contributed by atoms with van der Waals surface area (Å²) in [5.74, 6) is 0.419. The van der Waals surface area contributed by atoms with Crippen LogP contribution < -0.4 is 4.90 Å². The number of imidazole rings is 1. The molecule has 1 aliphatic heterocycles. The van der Waals surface area contributed by atoms with Gasteiger partial charge in [-0.05, 0) is 43.5 Å². The third-order valence-corrected chi connectivity index (χ3v) is 4.81. The van der Waals surface area contributed by atoms with Crippen LogP contribution in [0.4, 0.5) is 14.5 Å². The number of aromatic nitrogens is 2. The molecule has 5 heteroatoms. The molecule has 2 aromatic carbocycles. The molecule has 1 aliphatic rings. The first-order valence-electron chi connectivity index (χ1n) is 8.26. The van der Waals surface area contributed by atoms with Crippen LogP contribution in [0.2, 0.25) is 0 Å². The minimum absolute atomic E-state index is 0.215. The Labute approximate surface area is 139 Å². The smallest absolute Gasteiger partial charge is 0.320 e. The quantitative estimate of drug-likeness (QED) is 0.679. The predicted octanol–water partition coefficient (Wildman–Crippen LogP) is 4.95. The molecule has 0 fully saturated rings. The monoisotopic (exact) mass is 327 g/mol. The molecular weight excluding hydrogens is 308 g/mol. The second-order valence-electron chi connectivity index (χ2n) is 6.21. The lowest BCUT2D eigenvalue weighted by molar-refractivity contribution is 0.0703. The average Bonchev–Trinajstić information content (AvgIpc) is 3.00. The largest absolute Gasteiger partial charge is 0.361 e. The van der Waals surface area contributed by atoms with Crippen LogP contribution in [0.5, 0.6) is 0 Å². The van der Waals surface area contributed by atoms with E-state index in [9.17, 15) is 8.78 Å². The Morgan fingerprint density at radius 1 is 1.04 bits per heavy atom. The van der Waals surface area contributed by atoms with Crippen molar-refractivity contribution in [2.24, 2.45) is 0 Å². The minimum Gasteiger partial charge on any atom is -0.361 e. The Morgan fingerprint density at radius 3 is 2.62 bits per heavy atom. The van der Waals surface area contributed by atoms with Gasteiger partial charge in [-0.2, -0.15) is 8.78 Å². The highest BCUT2D eigenvalue weighted by Crippen LogP contribution is 2.36. The minimum atomic E-state index is -2.60. The Hall–Kier alpha value is -2.43. The van der Waals surface area contributed by atoms with Crippen molar-refractivity contribution in [1.29, 1.82) is 0 Å². The average molecular weight is 327 g/mol. The third kappa shape index (κ3) is 2.35. The maximum absolute atomic E-state index is 13.7. The highest BCUT2D eigenvalue weighted by molar-refractivity contribution is 5.76. The summed E-state index contributed by atoms with van der Waals surface area (Å²) in [4.78, 5) is 6.72. The van der Waals surface area contributed by atoms with Gasteiger partial charge in [0.1, 0.15) is 5.82 Å². The number of para-hydroxylation sites is 3. The summed E-state index contributed by atoms with van der Waals surface area (Å²) in [5.41, 5.74) is 3.50. The molecule has 124 valence electrons. The normalized spacial score (nSPS) is 15.8. The van der Waals surface area contributed by atoms with Crippen LogP contribution in [-0.2, 0) is 6.42 Å². The highest BCUT2D eigenvalue weighted by Gasteiger charge is 2.28. The lowest BCUT2D eigenvalue weighted by atomic mass is 10.00. The summed E-state index contributed by atoms with van der Waals surface area (Å²) in [6, 6.07) is 15.1. The summed E-state index contributed by atoms with van der Waals surface area (Å²) in [7, 11) is 0. The number of alkyl halides is 2. The van der Waals surface area contributed by atoms with E-state index in [0.29, 0.717) is 16.9 Å². The van der Waals surface area contributed by atoms with Crippen LogP contribution in [-0.4, -0.2) is 16.1 Å². The van der Waals surface area contributed by atoms with Crippen LogP contribution >= 0.6 is 0 Å². The molecule has 2 heterocycles. The number of halogens is 2. The Bertz CT molecular complexity index is 872. The van der Waals surface area contributed by atoms with Gasteiger partial charge in [-0.25, -0.2) is 4.98 Å². The Kier molecular flexibility index (Phi) is 3.71. The van der Waals surface area contributed by atoms with E-state index in [1.54, 1.807) is 18.2 Å². The number of aryl methyl sites for hydroxylation is 1. The van der Waals surface area contributed by atoms with E-state index in [0.717, 1.165) is 29.6 Å². The molecule has 0 radical (unpaired) electrons. The van der Waals surface area contributed by atoms with Crippen LogP contribution in [0.15, 0.2) is 48.5 Å². The maximum atomic E-state index is 13.7. The molecular formula is C19H19F2N3. The standard InChI is InChI=1S/C19H19F2N3/c1-13(23-12-6-8-14-7-2-4-10-16(14)23)18-22-15-9-3-5-11-17(15)24(18)19(20)21/h2-5,7,9-11,13,19H,6,8,12H2,1H3. The molecule has 1 unspecified atom stereocenters. The zero-order valence-corrected chi connectivity index (χ0v) is 13.5. The van der Waals surface area contributed by atoms with Crippen molar-refractivity contribution in [3.05, 3.63) is 59.9 Å². The van der Waals surface area contributed by atoms with E-state index >= 15 is 0 Å². The fraction of sp³-hybridized carbons (Fsp3) is 0.316. The van der Waals surface area contributed by atoms with Crippen LogP contribution in [0.25, 0.3) is 11.0 Å². The molecule has 3 nitrogen and oxygen atoms in total. The maximum Gasteiger partial charge on any atom is 0.320 e. The van der Waals surface area contributed by atoms with Crippen molar-refractivity contribution in [3.63, 3.8) is 0 Å². The molecule has 3 aromatic rings. The van der Waals surface area contributed by atoms with Gasteiger partial charge < -0.3 is 4.90 Å². The summed E-state index contributed by atoms with van der Waals surface area (Å²) in [5, 5.41) is 0. The van der Waals surface area contributed by atoms with Gasteiger partial charge >= 0.3 is 6.55 Å². The Morgan fingerprint density at radius 2 is 1.79 bits per heavy atom. The first-order chi connectivity index (χ1) is 11.7. The molecule has 0 aliphatic carbocycles. The van der Waals surface area contributed by atoms with Crippen molar-refractivity contribution < 1.29 is 8.78 Å². The van der Waals surface area contributed by atoms with E-state index in [1.165, 1.54) is 5.56 Å². The van der Waals surface area contributed by atoms with E-state index in [4.69, 9.17) is 0 Å². The number of benzene rings is 2. The number of fused-ring (bicyclic) bond motifs is 2. The molecule has 1 aromatic heterocycles. The lowest BCUT2D eigenvalue weighted by Gasteiger charge is -2.36. The van der Waals surface area contributed by atoms with E-state index in [2.05, 4.69) is 22.0 Å². The molecule has 0 saturated carbocycles. The molecule has 0 saturated heterocycles. The highest BCUT2D eigenvalue weighted by atomic mass is 19.3. The fourth-order valence-corrected chi connectivity index (χ4v) is 3.67. The zero-order chi connectivity index (χ0) is 16.7. The molecule has 1 atom stereocenters. The van der Waals surface area contributed by atoms with E-state index in [1.807, 2.05) is 25.1 Å². The van der Waals surface area contributed by atoms with Crippen molar-refractivity contribution in [2.45, 2.75) is 32.4 Å². The zero-order valence-electron chi connectivity index (χ0n) is 13.5. The number of anilines is 1. The first kappa shape index (κ1) is 15.1. The van der Waals surface area contributed by atoms with E-state index < -0.39 is 6.55 Å². The SMILES string of the molecule is CC(c1nc2ccccc2n1C(F)F)N1CCCc2ccccc21.